The van der Waals surface area contributed by atoms with E-state index < -0.39 is 0 Å². The molecule has 0 aliphatic rings. The Morgan fingerprint density at radius 3 is 2.68 bits per heavy atom. The minimum atomic E-state index is 0.592. The maximum Gasteiger partial charge on any atom is 0.166 e. The molecule has 19 heavy (non-hydrogen) atoms. The molecule has 0 saturated carbocycles. The van der Waals surface area contributed by atoms with Crippen LogP contribution in [0.2, 0.25) is 10.0 Å². The van der Waals surface area contributed by atoms with Gasteiger partial charge in [-0.25, -0.2) is 4.98 Å². The van der Waals surface area contributed by atoms with Crippen molar-refractivity contribution in [2.45, 2.75) is 19.0 Å². The summed E-state index contributed by atoms with van der Waals surface area (Å²) in [6.07, 6.45) is 0. The molecule has 2 rings (SSSR count). The molecule has 1 aromatic carbocycles. The van der Waals surface area contributed by atoms with Gasteiger partial charge in [0.15, 0.2) is 5.16 Å². The zero-order valence-corrected chi connectivity index (χ0v) is 13.4. The van der Waals surface area contributed by atoms with E-state index in [0.717, 1.165) is 41.6 Å². The second-order valence-electron chi connectivity index (χ2n) is 4.20. The fourth-order valence-corrected chi connectivity index (χ4v) is 3.32. The van der Waals surface area contributed by atoms with Crippen LogP contribution in [0.1, 0.15) is 13.8 Å². The highest BCUT2D eigenvalue weighted by molar-refractivity contribution is 7.99. The Morgan fingerprint density at radius 1 is 1.26 bits per heavy atom. The van der Waals surface area contributed by atoms with Crippen LogP contribution in [-0.4, -0.2) is 40.3 Å². The summed E-state index contributed by atoms with van der Waals surface area (Å²) < 4.78 is 0. The van der Waals surface area contributed by atoms with Crippen molar-refractivity contribution < 1.29 is 0 Å². The summed E-state index contributed by atoms with van der Waals surface area (Å²) in [5.41, 5.74) is 1.68. The number of benzene rings is 1. The molecule has 0 atom stereocenters. The lowest BCUT2D eigenvalue weighted by Gasteiger charge is -2.16. The number of hydrogen-bond acceptors (Lipinski definition) is 3. The van der Waals surface area contributed by atoms with Crippen LogP contribution < -0.4 is 0 Å². The van der Waals surface area contributed by atoms with Gasteiger partial charge in [-0.1, -0.05) is 48.8 Å². The van der Waals surface area contributed by atoms with Crippen molar-refractivity contribution in [3.63, 3.8) is 0 Å². The first-order chi connectivity index (χ1) is 9.13. The molecule has 1 aromatic heterocycles. The number of nitrogens with one attached hydrogen (secondary N) is 1. The van der Waals surface area contributed by atoms with Gasteiger partial charge in [0.25, 0.3) is 0 Å². The predicted octanol–water partition coefficient (Wildman–Crippen LogP) is 4.30. The van der Waals surface area contributed by atoms with Crippen molar-refractivity contribution in [2.75, 3.05) is 25.4 Å². The maximum atomic E-state index is 6.12. The van der Waals surface area contributed by atoms with Gasteiger partial charge in [-0.05, 0) is 25.2 Å². The molecule has 1 N–H and O–H groups in total. The first-order valence-corrected chi connectivity index (χ1v) is 8.08. The van der Waals surface area contributed by atoms with Crippen LogP contribution in [0.15, 0.2) is 17.3 Å². The molecule has 3 nitrogen and oxygen atoms in total. The number of hydrogen-bond donors (Lipinski definition) is 1. The smallest absolute Gasteiger partial charge is 0.166 e. The van der Waals surface area contributed by atoms with E-state index in [9.17, 15) is 0 Å². The number of nitrogens with zero attached hydrogens (tertiary/aromatic N) is 2. The molecule has 0 saturated heterocycles. The number of fused-ring (bicyclic) bond motifs is 1. The van der Waals surface area contributed by atoms with E-state index >= 15 is 0 Å². The van der Waals surface area contributed by atoms with Gasteiger partial charge in [0.05, 0.1) is 10.5 Å². The molecule has 0 radical (unpaired) electrons. The standard InChI is InChI=1S/C13H17Cl2N3S/c1-3-18(4-2)5-6-19-13-16-11-8-9(14)7-10(15)12(11)17-13/h7-8H,3-6H2,1-2H3,(H,16,17). The number of thioether (sulfide) groups is 1. The van der Waals surface area contributed by atoms with Crippen molar-refractivity contribution in [3.05, 3.63) is 22.2 Å². The fraction of sp³-hybridized carbons (Fsp3) is 0.462. The Hall–Kier alpha value is -0.420. The number of aromatic amines is 1. The minimum Gasteiger partial charge on any atom is -0.333 e. The normalized spacial score (nSPS) is 11.6. The molecular formula is C13H17Cl2N3S. The number of aromatic nitrogens is 2. The van der Waals surface area contributed by atoms with E-state index in [-0.39, 0.29) is 0 Å². The highest BCUT2D eigenvalue weighted by atomic mass is 35.5. The van der Waals surface area contributed by atoms with Gasteiger partial charge in [0, 0.05) is 17.3 Å². The zero-order valence-electron chi connectivity index (χ0n) is 11.0. The van der Waals surface area contributed by atoms with Crippen LogP contribution >= 0.6 is 35.0 Å². The fourth-order valence-electron chi connectivity index (χ4n) is 1.90. The molecule has 0 amide bonds. The first-order valence-electron chi connectivity index (χ1n) is 6.34. The van der Waals surface area contributed by atoms with E-state index in [0.29, 0.717) is 10.0 Å². The number of H-pyrrole nitrogens is 1. The second-order valence-corrected chi connectivity index (χ2v) is 6.13. The summed E-state index contributed by atoms with van der Waals surface area (Å²) >= 11 is 13.8. The number of halogens is 2. The summed E-state index contributed by atoms with van der Waals surface area (Å²) in [7, 11) is 0. The lowest BCUT2D eigenvalue weighted by atomic mass is 10.3. The molecule has 0 bridgehead atoms. The van der Waals surface area contributed by atoms with Crippen molar-refractivity contribution in [1.29, 1.82) is 0 Å². The Kier molecular flexibility index (Phi) is 5.39. The second kappa shape index (κ2) is 6.84. The van der Waals surface area contributed by atoms with E-state index in [4.69, 9.17) is 23.2 Å². The van der Waals surface area contributed by atoms with Gasteiger partial charge in [0.1, 0.15) is 5.52 Å². The van der Waals surface area contributed by atoms with Crippen molar-refractivity contribution >= 4 is 46.0 Å². The molecule has 6 heteroatoms. The molecule has 0 unspecified atom stereocenters. The van der Waals surface area contributed by atoms with Crippen LogP contribution in [0, 0.1) is 0 Å². The van der Waals surface area contributed by atoms with Crippen molar-refractivity contribution in [1.82, 2.24) is 14.9 Å². The lowest BCUT2D eigenvalue weighted by molar-refractivity contribution is 0.324. The van der Waals surface area contributed by atoms with E-state index in [1.54, 1.807) is 17.8 Å². The quantitative estimate of drug-likeness (QED) is 0.806. The van der Waals surface area contributed by atoms with Gasteiger partial charge in [-0.3, -0.25) is 0 Å². The summed E-state index contributed by atoms with van der Waals surface area (Å²) in [6.45, 7) is 7.58. The van der Waals surface area contributed by atoms with Crippen LogP contribution in [0.25, 0.3) is 11.0 Å². The number of imidazole rings is 1. The Balaban J connectivity index is 2.04. The average Bonchev–Trinajstić information content (AvgIpc) is 2.78. The molecule has 1 heterocycles. The summed E-state index contributed by atoms with van der Waals surface area (Å²) in [5, 5.41) is 2.11. The molecule has 0 spiro atoms. The summed E-state index contributed by atoms with van der Waals surface area (Å²) in [5.74, 6) is 1.01. The molecule has 0 aliphatic carbocycles. The Labute approximate surface area is 127 Å². The van der Waals surface area contributed by atoms with Crippen LogP contribution in [0.4, 0.5) is 0 Å². The van der Waals surface area contributed by atoms with Crippen LogP contribution in [0.3, 0.4) is 0 Å². The van der Waals surface area contributed by atoms with Crippen LogP contribution in [-0.2, 0) is 0 Å². The van der Waals surface area contributed by atoms with Crippen molar-refractivity contribution in [2.24, 2.45) is 0 Å². The minimum absolute atomic E-state index is 0.592. The Bertz CT molecular complexity index is 552. The first kappa shape index (κ1) is 15.0. The summed E-state index contributed by atoms with van der Waals surface area (Å²) in [4.78, 5) is 10.1. The highest BCUT2D eigenvalue weighted by Gasteiger charge is 2.08. The molecule has 0 aliphatic heterocycles. The molecule has 2 aromatic rings. The number of rotatable bonds is 6. The largest absolute Gasteiger partial charge is 0.333 e. The zero-order chi connectivity index (χ0) is 13.8. The SMILES string of the molecule is CCN(CC)CCSc1nc2c(Cl)cc(Cl)cc2[nH]1. The average molecular weight is 318 g/mol. The van der Waals surface area contributed by atoms with Gasteiger partial charge >= 0.3 is 0 Å². The third kappa shape index (κ3) is 3.78. The third-order valence-corrected chi connectivity index (χ3v) is 4.38. The predicted molar refractivity (Wildman–Crippen MR) is 84.6 cm³/mol. The van der Waals surface area contributed by atoms with Gasteiger partial charge < -0.3 is 9.88 Å². The van der Waals surface area contributed by atoms with E-state index in [1.807, 2.05) is 6.07 Å². The summed E-state index contributed by atoms with van der Waals surface area (Å²) in [6, 6.07) is 3.57. The van der Waals surface area contributed by atoms with Crippen molar-refractivity contribution in [3.8, 4) is 0 Å². The van der Waals surface area contributed by atoms with Gasteiger partial charge in [-0.15, -0.1) is 0 Å². The Morgan fingerprint density at radius 2 is 2.00 bits per heavy atom. The monoisotopic (exact) mass is 317 g/mol. The highest BCUT2D eigenvalue weighted by Crippen LogP contribution is 2.28. The van der Waals surface area contributed by atoms with Gasteiger partial charge in [0.2, 0.25) is 0 Å². The molecule has 0 fully saturated rings. The van der Waals surface area contributed by atoms with E-state index in [1.165, 1.54) is 0 Å². The van der Waals surface area contributed by atoms with E-state index in [2.05, 4.69) is 28.7 Å². The third-order valence-electron chi connectivity index (χ3n) is 3.02. The van der Waals surface area contributed by atoms with Gasteiger partial charge in [-0.2, -0.15) is 0 Å². The molecular weight excluding hydrogens is 301 g/mol. The maximum absolute atomic E-state index is 6.12. The van der Waals surface area contributed by atoms with Crippen LogP contribution in [0.5, 0.6) is 0 Å². The lowest BCUT2D eigenvalue weighted by Crippen LogP contribution is -2.25. The molecule has 104 valence electrons. The topological polar surface area (TPSA) is 31.9 Å².